The lowest BCUT2D eigenvalue weighted by Gasteiger charge is -2.20. The SMILES string of the molecule is Cc1[nH]nc(C2=NNC(c3ccc(C(C)(C)C)cc3)=NN2)c1Cl. The number of amidine groups is 2. The molecule has 3 rings (SSSR count). The van der Waals surface area contributed by atoms with Gasteiger partial charge in [0.1, 0.15) is 5.69 Å². The van der Waals surface area contributed by atoms with Gasteiger partial charge < -0.3 is 0 Å². The molecule has 120 valence electrons. The Morgan fingerprint density at radius 3 is 2.04 bits per heavy atom. The van der Waals surface area contributed by atoms with Crippen molar-refractivity contribution in [2.45, 2.75) is 33.1 Å². The summed E-state index contributed by atoms with van der Waals surface area (Å²) in [6.07, 6.45) is 0. The summed E-state index contributed by atoms with van der Waals surface area (Å²) in [5, 5.41) is 16.0. The fourth-order valence-electron chi connectivity index (χ4n) is 2.20. The van der Waals surface area contributed by atoms with Crippen molar-refractivity contribution in [3.05, 3.63) is 51.8 Å². The van der Waals surface area contributed by atoms with Gasteiger partial charge >= 0.3 is 0 Å². The Morgan fingerprint density at radius 2 is 1.57 bits per heavy atom. The molecule has 7 heteroatoms. The summed E-state index contributed by atoms with van der Waals surface area (Å²) in [6, 6.07) is 8.26. The van der Waals surface area contributed by atoms with Crippen LogP contribution in [0.5, 0.6) is 0 Å². The monoisotopic (exact) mass is 330 g/mol. The topological polar surface area (TPSA) is 77.5 Å². The number of nitrogens with one attached hydrogen (secondary N) is 3. The van der Waals surface area contributed by atoms with Crippen molar-refractivity contribution in [3.8, 4) is 0 Å². The molecular formula is C16H19ClN6. The van der Waals surface area contributed by atoms with Crippen molar-refractivity contribution in [2.24, 2.45) is 10.2 Å². The molecule has 0 bridgehead atoms. The summed E-state index contributed by atoms with van der Waals surface area (Å²) in [4.78, 5) is 0. The zero-order valence-electron chi connectivity index (χ0n) is 13.5. The smallest absolute Gasteiger partial charge is 0.195 e. The Kier molecular flexibility index (Phi) is 3.85. The van der Waals surface area contributed by atoms with Crippen LogP contribution in [0, 0.1) is 6.92 Å². The molecule has 1 aliphatic heterocycles. The van der Waals surface area contributed by atoms with Crippen molar-refractivity contribution in [1.82, 2.24) is 21.0 Å². The van der Waals surface area contributed by atoms with Crippen molar-refractivity contribution >= 4 is 23.3 Å². The van der Waals surface area contributed by atoms with Gasteiger partial charge in [-0.1, -0.05) is 56.6 Å². The van der Waals surface area contributed by atoms with E-state index in [-0.39, 0.29) is 5.41 Å². The highest BCUT2D eigenvalue weighted by atomic mass is 35.5. The largest absolute Gasteiger partial charge is 0.281 e. The van der Waals surface area contributed by atoms with Crippen molar-refractivity contribution in [1.29, 1.82) is 0 Å². The number of H-pyrrole nitrogens is 1. The lowest BCUT2D eigenvalue weighted by molar-refractivity contribution is 0.590. The zero-order chi connectivity index (χ0) is 16.6. The summed E-state index contributed by atoms with van der Waals surface area (Å²) in [6.45, 7) is 8.41. The maximum Gasteiger partial charge on any atom is 0.195 e. The third-order valence-corrected chi connectivity index (χ3v) is 4.13. The fraction of sp³-hybridized carbons (Fsp3) is 0.312. The molecule has 0 radical (unpaired) electrons. The number of rotatable bonds is 2. The minimum Gasteiger partial charge on any atom is -0.281 e. The first-order chi connectivity index (χ1) is 10.9. The van der Waals surface area contributed by atoms with Crippen LogP contribution in [0.2, 0.25) is 5.02 Å². The van der Waals surface area contributed by atoms with Crippen LogP contribution in [0.15, 0.2) is 34.5 Å². The fourth-order valence-corrected chi connectivity index (χ4v) is 2.38. The van der Waals surface area contributed by atoms with Gasteiger partial charge in [-0.2, -0.15) is 15.3 Å². The van der Waals surface area contributed by atoms with Gasteiger partial charge in [0.25, 0.3) is 0 Å². The van der Waals surface area contributed by atoms with E-state index in [1.54, 1.807) is 0 Å². The predicted octanol–water partition coefficient (Wildman–Crippen LogP) is 2.89. The molecular weight excluding hydrogens is 312 g/mol. The maximum absolute atomic E-state index is 6.16. The molecule has 0 atom stereocenters. The minimum absolute atomic E-state index is 0.123. The molecule has 3 N–H and O–H groups in total. The van der Waals surface area contributed by atoms with Gasteiger partial charge in [0.05, 0.1) is 10.7 Å². The van der Waals surface area contributed by atoms with Crippen LogP contribution in [0.3, 0.4) is 0 Å². The lowest BCUT2D eigenvalue weighted by Crippen LogP contribution is -2.35. The quantitative estimate of drug-likeness (QED) is 0.792. The number of hydrogen-bond acceptors (Lipinski definition) is 5. The molecule has 1 aromatic carbocycles. The molecule has 23 heavy (non-hydrogen) atoms. The van der Waals surface area contributed by atoms with Gasteiger partial charge in [-0.3, -0.25) is 16.0 Å². The molecule has 0 spiro atoms. The third kappa shape index (κ3) is 3.07. The van der Waals surface area contributed by atoms with E-state index in [0.29, 0.717) is 22.4 Å². The molecule has 1 aliphatic rings. The molecule has 0 unspecified atom stereocenters. The second-order valence-electron chi connectivity index (χ2n) is 6.48. The first-order valence-electron chi connectivity index (χ1n) is 7.35. The van der Waals surface area contributed by atoms with Crippen LogP contribution in [0.4, 0.5) is 0 Å². The average molecular weight is 331 g/mol. The number of aryl methyl sites for hydroxylation is 1. The van der Waals surface area contributed by atoms with Crippen molar-refractivity contribution < 1.29 is 0 Å². The minimum atomic E-state index is 0.123. The van der Waals surface area contributed by atoms with Crippen LogP contribution in [-0.2, 0) is 5.41 Å². The normalized spacial score (nSPS) is 14.7. The van der Waals surface area contributed by atoms with Gasteiger partial charge in [-0.25, -0.2) is 0 Å². The van der Waals surface area contributed by atoms with E-state index < -0.39 is 0 Å². The number of nitrogens with zero attached hydrogens (tertiary/aromatic N) is 3. The van der Waals surface area contributed by atoms with Gasteiger partial charge in [0.15, 0.2) is 11.7 Å². The van der Waals surface area contributed by atoms with E-state index >= 15 is 0 Å². The highest BCUT2D eigenvalue weighted by Crippen LogP contribution is 2.22. The van der Waals surface area contributed by atoms with Gasteiger partial charge in [0, 0.05) is 5.56 Å². The maximum atomic E-state index is 6.16. The highest BCUT2D eigenvalue weighted by Gasteiger charge is 2.18. The Balaban J connectivity index is 1.77. The Labute approximate surface area is 140 Å². The summed E-state index contributed by atoms with van der Waals surface area (Å²) in [5.41, 5.74) is 9.52. The van der Waals surface area contributed by atoms with Gasteiger partial charge in [-0.15, -0.1) is 0 Å². The van der Waals surface area contributed by atoms with Crippen LogP contribution in [-0.4, -0.2) is 21.9 Å². The average Bonchev–Trinajstić information content (AvgIpc) is 2.86. The van der Waals surface area contributed by atoms with Crippen LogP contribution < -0.4 is 10.9 Å². The van der Waals surface area contributed by atoms with Crippen molar-refractivity contribution in [3.63, 3.8) is 0 Å². The number of hydrazone groups is 2. The number of aromatic nitrogens is 2. The first kappa shape index (κ1) is 15.6. The van der Waals surface area contributed by atoms with Crippen molar-refractivity contribution in [2.75, 3.05) is 0 Å². The van der Waals surface area contributed by atoms with E-state index in [0.717, 1.165) is 11.3 Å². The van der Waals surface area contributed by atoms with Crippen LogP contribution in [0.1, 0.15) is 43.3 Å². The van der Waals surface area contributed by atoms with E-state index in [4.69, 9.17) is 11.6 Å². The number of halogens is 1. The lowest BCUT2D eigenvalue weighted by atomic mass is 9.86. The second-order valence-corrected chi connectivity index (χ2v) is 6.86. The third-order valence-electron chi connectivity index (χ3n) is 3.67. The van der Waals surface area contributed by atoms with Gasteiger partial charge in [0.2, 0.25) is 0 Å². The Hall–Kier alpha value is -2.34. The van der Waals surface area contributed by atoms with E-state index in [9.17, 15) is 0 Å². The summed E-state index contributed by atoms with van der Waals surface area (Å²) >= 11 is 6.16. The molecule has 0 saturated carbocycles. The molecule has 6 nitrogen and oxygen atoms in total. The summed E-state index contributed by atoms with van der Waals surface area (Å²) in [7, 11) is 0. The Bertz CT molecular complexity index is 780. The molecule has 0 aliphatic carbocycles. The van der Waals surface area contributed by atoms with Gasteiger partial charge in [-0.05, 0) is 17.9 Å². The Morgan fingerprint density at radius 1 is 0.957 bits per heavy atom. The molecule has 0 fully saturated rings. The number of benzene rings is 1. The van der Waals surface area contributed by atoms with E-state index in [1.807, 2.05) is 19.1 Å². The molecule has 2 heterocycles. The molecule has 0 amide bonds. The molecule has 1 aromatic heterocycles. The second kappa shape index (κ2) is 5.70. The zero-order valence-corrected chi connectivity index (χ0v) is 14.3. The number of hydrogen-bond donors (Lipinski definition) is 3. The predicted molar refractivity (Wildman–Crippen MR) is 92.8 cm³/mol. The summed E-state index contributed by atoms with van der Waals surface area (Å²) < 4.78 is 0. The summed E-state index contributed by atoms with van der Waals surface area (Å²) in [5.74, 6) is 1.13. The standard InChI is InChI=1S/C16H19ClN6/c1-9-12(17)13(19-18-9)15-22-20-14(21-23-15)10-5-7-11(8-6-10)16(2,3)4/h5-8H,1-4H3,(H,18,19)(H,20,21)(H,22,23). The van der Waals surface area contributed by atoms with E-state index in [1.165, 1.54) is 5.56 Å². The molecule has 0 saturated heterocycles. The number of aromatic amines is 1. The van der Waals surface area contributed by atoms with Crippen LogP contribution in [0.25, 0.3) is 0 Å². The van der Waals surface area contributed by atoms with E-state index in [2.05, 4.69) is 64.2 Å². The first-order valence-corrected chi connectivity index (χ1v) is 7.73. The molecule has 2 aromatic rings. The highest BCUT2D eigenvalue weighted by molar-refractivity contribution is 6.34. The van der Waals surface area contributed by atoms with Crippen LogP contribution >= 0.6 is 11.6 Å².